The highest BCUT2D eigenvalue weighted by Crippen LogP contribution is 2.01. The molecule has 56 valence electrons. The third kappa shape index (κ3) is 5.36. The molecule has 0 amide bonds. The maximum absolute atomic E-state index is 3.65. The van der Waals surface area contributed by atoms with Gasteiger partial charge in [0.1, 0.15) is 0 Å². The van der Waals surface area contributed by atoms with Gasteiger partial charge in [-0.1, -0.05) is 29.4 Å². The van der Waals surface area contributed by atoms with E-state index >= 15 is 0 Å². The van der Waals surface area contributed by atoms with E-state index < -0.39 is 0 Å². The number of hydrogen-bond acceptors (Lipinski definition) is 0. The molecule has 0 fully saturated rings. The van der Waals surface area contributed by atoms with E-state index in [0.29, 0.717) is 0 Å². The summed E-state index contributed by atoms with van der Waals surface area (Å²) in [5.41, 5.74) is 2.66. The fourth-order valence-corrected chi connectivity index (χ4v) is 0.783. The minimum Gasteiger partial charge on any atom is -0.103 e. The van der Waals surface area contributed by atoms with Gasteiger partial charge < -0.3 is 0 Å². The van der Waals surface area contributed by atoms with Crippen molar-refractivity contribution >= 4 is 0 Å². The Bertz CT molecular complexity index is 155. The summed E-state index contributed by atoms with van der Waals surface area (Å²) in [6.45, 7) is 9.96. The first-order valence-corrected chi connectivity index (χ1v) is 3.59. The highest BCUT2D eigenvalue weighted by molar-refractivity contribution is 5.19. The highest BCUT2D eigenvalue weighted by atomic mass is 13.9. The molecule has 0 aromatic rings. The van der Waals surface area contributed by atoms with E-state index in [1.165, 1.54) is 11.1 Å². The normalized spacial score (nSPS) is 10.9. The quantitative estimate of drug-likeness (QED) is 0.411. The summed E-state index contributed by atoms with van der Waals surface area (Å²) in [6, 6.07) is 0. The van der Waals surface area contributed by atoms with Crippen LogP contribution in [0, 0.1) is 0 Å². The van der Waals surface area contributed by atoms with Crippen molar-refractivity contribution in [1.29, 1.82) is 0 Å². The van der Waals surface area contributed by atoms with Crippen molar-refractivity contribution < 1.29 is 0 Å². The average molecular weight is 136 g/mol. The predicted octanol–water partition coefficient (Wildman–Crippen LogP) is 3.48. The van der Waals surface area contributed by atoms with Crippen molar-refractivity contribution in [3.63, 3.8) is 0 Å². The van der Waals surface area contributed by atoms with E-state index in [0.717, 1.165) is 6.42 Å². The zero-order valence-electron chi connectivity index (χ0n) is 7.15. The number of allylic oxidation sites excluding steroid dienone is 5. The van der Waals surface area contributed by atoms with Gasteiger partial charge in [0.15, 0.2) is 0 Å². The molecule has 0 rings (SSSR count). The van der Waals surface area contributed by atoms with Crippen LogP contribution in [0.4, 0.5) is 0 Å². The maximum atomic E-state index is 3.65. The molecule has 0 saturated heterocycles. The predicted molar refractivity (Wildman–Crippen MR) is 48.0 cm³/mol. The van der Waals surface area contributed by atoms with Crippen molar-refractivity contribution in [3.05, 3.63) is 36.0 Å². The molecular formula is C10H16. The first-order valence-electron chi connectivity index (χ1n) is 3.59. The first-order chi connectivity index (χ1) is 4.66. The van der Waals surface area contributed by atoms with Crippen LogP contribution in [0.15, 0.2) is 36.0 Å². The molecule has 0 unspecified atom stereocenters. The fraction of sp³-hybridized carbons (Fsp3) is 0.400. The molecule has 0 nitrogen and oxygen atoms in total. The topological polar surface area (TPSA) is 0 Å². The summed E-state index contributed by atoms with van der Waals surface area (Å²) in [5.74, 6) is 0. The SMILES string of the molecule is C=CC/C=C(/C)C=C(C)C. The minimum atomic E-state index is 0.968. The maximum Gasteiger partial charge on any atom is -0.0166 e. The van der Waals surface area contributed by atoms with Crippen LogP contribution < -0.4 is 0 Å². The van der Waals surface area contributed by atoms with Crippen LogP contribution in [-0.4, -0.2) is 0 Å². The number of hydrogen-bond donors (Lipinski definition) is 0. The van der Waals surface area contributed by atoms with Gasteiger partial charge in [0.25, 0.3) is 0 Å². The summed E-state index contributed by atoms with van der Waals surface area (Å²) in [7, 11) is 0. The van der Waals surface area contributed by atoms with Gasteiger partial charge in [0.05, 0.1) is 0 Å². The van der Waals surface area contributed by atoms with Crippen LogP contribution in [0.1, 0.15) is 27.2 Å². The third-order valence-electron chi connectivity index (χ3n) is 1.12. The van der Waals surface area contributed by atoms with Crippen LogP contribution in [0.5, 0.6) is 0 Å². The van der Waals surface area contributed by atoms with E-state index in [2.05, 4.69) is 39.5 Å². The van der Waals surface area contributed by atoms with Crippen LogP contribution in [0.3, 0.4) is 0 Å². The molecule has 0 atom stereocenters. The lowest BCUT2D eigenvalue weighted by Gasteiger charge is -1.91. The summed E-state index contributed by atoms with van der Waals surface area (Å²) in [4.78, 5) is 0. The second-order valence-electron chi connectivity index (χ2n) is 2.69. The minimum absolute atomic E-state index is 0.968. The smallest absolute Gasteiger partial charge is 0.0166 e. The second kappa shape index (κ2) is 5.04. The Kier molecular flexibility index (Phi) is 4.65. The number of rotatable bonds is 3. The van der Waals surface area contributed by atoms with Gasteiger partial charge in [-0.3, -0.25) is 0 Å². The van der Waals surface area contributed by atoms with E-state index in [1.807, 2.05) is 6.08 Å². The van der Waals surface area contributed by atoms with Gasteiger partial charge in [-0.2, -0.15) is 0 Å². The Morgan fingerprint density at radius 1 is 1.30 bits per heavy atom. The Hall–Kier alpha value is -0.780. The molecular weight excluding hydrogens is 120 g/mol. The van der Waals surface area contributed by atoms with Gasteiger partial charge in [0.2, 0.25) is 0 Å². The molecule has 10 heavy (non-hydrogen) atoms. The second-order valence-corrected chi connectivity index (χ2v) is 2.69. The summed E-state index contributed by atoms with van der Waals surface area (Å²) < 4.78 is 0. The molecule has 0 spiro atoms. The van der Waals surface area contributed by atoms with Gasteiger partial charge >= 0.3 is 0 Å². The molecule has 0 bridgehead atoms. The molecule has 0 heterocycles. The third-order valence-corrected chi connectivity index (χ3v) is 1.12. The van der Waals surface area contributed by atoms with Crippen molar-refractivity contribution in [3.8, 4) is 0 Å². The van der Waals surface area contributed by atoms with E-state index in [9.17, 15) is 0 Å². The monoisotopic (exact) mass is 136 g/mol. The molecule has 0 aliphatic heterocycles. The molecule has 0 aromatic heterocycles. The summed E-state index contributed by atoms with van der Waals surface area (Å²) in [6.07, 6.45) is 7.21. The van der Waals surface area contributed by atoms with E-state index in [-0.39, 0.29) is 0 Å². The molecule has 0 aliphatic carbocycles. The first kappa shape index (κ1) is 9.22. The van der Waals surface area contributed by atoms with Gasteiger partial charge in [0, 0.05) is 0 Å². The molecule has 0 saturated carbocycles. The van der Waals surface area contributed by atoms with Crippen LogP contribution in [-0.2, 0) is 0 Å². The molecule has 0 radical (unpaired) electrons. The Morgan fingerprint density at radius 3 is 2.30 bits per heavy atom. The molecule has 0 aromatic carbocycles. The Labute approximate surface area is 64.0 Å². The van der Waals surface area contributed by atoms with Gasteiger partial charge in [-0.25, -0.2) is 0 Å². The lowest BCUT2D eigenvalue weighted by atomic mass is 10.2. The molecule has 0 heteroatoms. The van der Waals surface area contributed by atoms with Crippen molar-refractivity contribution in [2.75, 3.05) is 0 Å². The van der Waals surface area contributed by atoms with Crippen molar-refractivity contribution in [2.45, 2.75) is 27.2 Å². The highest BCUT2D eigenvalue weighted by Gasteiger charge is 1.80. The zero-order valence-corrected chi connectivity index (χ0v) is 7.15. The Balaban J connectivity index is 3.94. The van der Waals surface area contributed by atoms with Crippen LogP contribution in [0.2, 0.25) is 0 Å². The summed E-state index contributed by atoms with van der Waals surface area (Å²) >= 11 is 0. The standard InChI is InChI=1S/C10H16/c1-5-6-7-10(4)8-9(2)3/h5,7-8H,1,6H2,2-4H3/b10-7-. The lowest BCUT2D eigenvalue weighted by molar-refractivity contribution is 1.30. The van der Waals surface area contributed by atoms with Gasteiger partial charge in [-0.15, -0.1) is 6.58 Å². The largest absolute Gasteiger partial charge is 0.103 e. The van der Waals surface area contributed by atoms with Gasteiger partial charge in [-0.05, 0) is 27.2 Å². The lowest BCUT2D eigenvalue weighted by Crippen LogP contribution is -1.70. The summed E-state index contributed by atoms with van der Waals surface area (Å²) in [5, 5.41) is 0. The molecule has 0 N–H and O–H groups in total. The average Bonchev–Trinajstić information content (AvgIpc) is 1.82. The fourth-order valence-electron chi connectivity index (χ4n) is 0.783. The van der Waals surface area contributed by atoms with E-state index in [4.69, 9.17) is 0 Å². The van der Waals surface area contributed by atoms with E-state index in [1.54, 1.807) is 0 Å². The van der Waals surface area contributed by atoms with Crippen molar-refractivity contribution in [2.24, 2.45) is 0 Å². The van der Waals surface area contributed by atoms with Crippen molar-refractivity contribution in [1.82, 2.24) is 0 Å². The van der Waals surface area contributed by atoms with Crippen LogP contribution in [0.25, 0.3) is 0 Å². The Morgan fingerprint density at radius 2 is 1.90 bits per heavy atom. The van der Waals surface area contributed by atoms with Crippen LogP contribution >= 0.6 is 0 Å². The molecule has 0 aliphatic rings. The zero-order chi connectivity index (χ0) is 7.98.